The van der Waals surface area contributed by atoms with E-state index < -0.39 is 0 Å². The van der Waals surface area contributed by atoms with E-state index in [0.717, 1.165) is 24.8 Å². The molecule has 0 bridgehead atoms. The first kappa shape index (κ1) is 17.0. The van der Waals surface area contributed by atoms with Crippen LogP contribution in [0, 0.1) is 11.8 Å². The van der Waals surface area contributed by atoms with Gasteiger partial charge in [0, 0.05) is 30.9 Å². The molecule has 0 spiro atoms. The third-order valence-electron chi connectivity index (χ3n) is 6.16. The van der Waals surface area contributed by atoms with Crippen molar-refractivity contribution < 1.29 is 0 Å². The van der Waals surface area contributed by atoms with E-state index in [9.17, 15) is 0 Å². The summed E-state index contributed by atoms with van der Waals surface area (Å²) >= 11 is 0. The summed E-state index contributed by atoms with van der Waals surface area (Å²) in [7, 11) is 4.40. The molecule has 1 aromatic rings. The topological polar surface area (TPSA) is 35.2 Å². The molecule has 23 heavy (non-hydrogen) atoms. The van der Waals surface area contributed by atoms with Crippen molar-refractivity contribution in [3.63, 3.8) is 0 Å². The van der Waals surface area contributed by atoms with Crippen molar-refractivity contribution >= 4 is 0 Å². The van der Waals surface area contributed by atoms with Crippen molar-refractivity contribution in [1.82, 2.24) is 19.8 Å². The molecular formula is C19H34N4. The largest absolute Gasteiger partial charge is 0.345 e. The minimum absolute atomic E-state index is 0.697. The van der Waals surface area contributed by atoms with E-state index in [-0.39, 0.29) is 0 Å². The molecular weight excluding hydrogens is 284 g/mol. The number of nitrogens with zero attached hydrogens (tertiary/aromatic N) is 3. The number of H-pyrrole nitrogens is 1. The lowest BCUT2D eigenvalue weighted by molar-refractivity contribution is 0.120. The third-order valence-corrected chi connectivity index (χ3v) is 6.16. The first-order chi connectivity index (χ1) is 11.1. The third kappa shape index (κ3) is 4.57. The summed E-state index contributed by atoms with van der Waals surface area (Å²) in [5.41, 5.74) is 1.30. The Bertz CT molecular complexity index is 467. The smallest absolute Gasteiger partial charge is 0.106 e. The van der Waals surface area contributed by atoms with E-state index in [1.54, 1.807) is 0 Å². The van der Waals surface area contributed by atoms with Gasteiger partial charge in [0.1, 0.15) is 5.82 Å². The van der Waals surface area contributed by atoms with Crippen LogP contribution in [-0.2, 0) is 13.0 Å². The summed E-state index contributed by atoms with van der Waals surface area (Å²) in [6.07, 6.45) is 11.5. The van der Waals surface area contributed by atoms with Crippen molar-refractivity contribution in [2.45, 2.75) is 64.5 Å². The molecule has 2 heterocycles. The Balaban J connectivity index is 1.44. The Morgan fingerprint density at radius 1 is 1.22 bits per heavy atom. The van der Waals surface area contributed by atoms with Gasteiger partial charge in [0.2, 0.25) is 0 Å². The number of imidazole rings is 1. The summed E-state index contributed by atoms with van der Waals surface area (Å²) in [4.78, 5) is 13.2. The average Bonchev–Trinajstić information content (AvgIpc) is 3.20. The molecule has 0 amide bonds. The molecule has 3 rings (SSSR count). The predicted octanol–water partition coefficient (Wildman–Crippen LogP) is 3.30. The summed E-state index contributed by atoms with van der Waals surface area (Å²) in [6.45, 7) is 5.85. The first-order valence-corrected chi connectivity index (χ1v) is 9.53. The Morgan fingerprint density at radius 2 is 1.91 bits per heavy atom. The molecule has 1 aliphatic heterocycles. The number of aromatic amines is 1. The van der Waals surface area contributed by atoms with Crippen LogP contribution < -0.4 is 0 Å². The molecule has 130 valence electrons. The van der Waals surface area contributed by atoms with Crippen LogP contribution >= 0.6 is 0 Å². The van der Waals surface area contributed by atoms with Crippen molar-refractivity contribution in [2.24, 2.45) is 11.8 Å². The minimum atomic E-state index is 0.697. The standard InChI is InChI=1S/C19H34N4/c1-15(22(2)3)17-8-10-23(11-9-17)14-18-13-20-19(21-18)12-16-6-4-5-7-16/h13,15-17H,4-12,14H2,1-3H3,(H,20,21). The molecule has 1 atom stereocenters. The molecule has 1 aliphatic carbocycles. The highest BCUT2D eigenvalue weighted by Crippen LogP contribution is 2.27. The van der Waals surface area contributed by atoms with Gasteiger partial charge in [0.15, 0.2) is 0 Å². The predicted molar refractivity (Wildman–Crippen MR) is 95.4 cm³/mol. The Morgan fingerprint density at radius 3 is 2.57 bits per heavy atom. The molecule has 1 N–H and O–H groups in total. The van der Waals surface area contributed by atoms with Crippen LogP contribution in [0.2, 0.25) is 0 Å². The van der Waals surface area contributed by atoms with Gasteiger partial charge >= 0.3 is 0 Å². The van der Waals surface area contributed by atoms with Crippen LogP contribution in [-0.4, -0.2) is 53.0 Å². The number of piperidine rings is 1. The zero-order valence-corrected chi connectivity index (χ0v) is 15.2. The van der Waals surface area contributed by atoms with Crippen LogP contribution in [0.4, 0.5) is 0 Å². The van der Waals surface area contributed by atoms with Gasteiger partial charge in [0.05, 0.1) is 0 Å². The van der Waals surface area contributed by atoms with Crippen LogP contribution in [0.25, 0.3) is 0 Å². The van der Waals surface area contributed by atoms with Crippen LogP contribution in [0.15, 0.2) is 6.20 Å². The van der Waals surface area contributed by atoms with Gasteiger partial charge in [-0.1, -0.05) is 25.7 Å². The lowest BCUT2D eigenvalue weighted by Crippen LogP contribution is -2.41. The number of hydrogen-bond acceptors (Lipinski definition) is 3. The van der Waals surface area contributed by atoms with E-state index in [1.807, 2.05) is 0 Å². The second-order valence-electron chi connectivity index (χ2n) is 8.03. The average molecular weight is 319 g/mol. The van der Waals surface area contributed by atoms with Gasteiger partial charge < -0.3 is 9.88 Å². The lowest BCUT2D eigenvalue weighted by Gasteiger charge is -2.37. The summed E-state index contributed by atoms with van der Waals surface area (Å²) < 4.78 is 0. The number of hydrogen-bond donors (Lipinski definition) is 1. The number of rotatable bonds is 6. The fraction of sp³-hybridized carbons (Fsp3) is 0.842. The Hall–Kier alpha value is -0.870. The SMILES string of the molecule is CC(C1CCN(Cc2cnc(CC3CCCC3)[nH]2)CC1)N(C)C. The second kappa shape index (κ2) is 7.80. The minimum Gasteiger partial charge on any atom is -0.345 e. The Kier molecular flexibility index (Phi) is 5.76. The summed E-state index contributed by atoms with van der Waals surface area (Å²) in [5, 5.41) is 0. The van der Waals surface area contributed by atoms with Crippen molar-refractivity contribution in [1.29, 1.82) is 0 Å². The number of nitrogens with one attached hydrogen (secondary N) is 1. The van der Waals surface area contributed by atoms with Gasteiger partial charge in [0.25, 0.3) is 0 Å². The summed E-state index contributed by atoms with van der Waals surface area (Å²) in [6, 6.07) is 0.697. The molecule has 1 saturated carbocycles. The monoisotopic (exact) mass is 318 g/mol. The van der Waals surface area contributed by atoms with E-state index in [2.05, 4.69) is 47.0 Å². The molecule has 4 heteroatoms. The Labute approximate surface area is 141 Å². The molecule has 1 unspecified atom stereocenters. The van der Waals surface area contributed by atoms with Crippen molar-refractivity contribution in [3.05, 3.63) is 17.7 Å². The zero-order chi connectivity index (χ0) is 16.2. The van der Waals surface area contributed by atoms with E-state index in [1.165, 1.54) is 63.1 Å². The zero-order valence-electron chi connectivity index (χ0n) is 15.2. The highest BCUT2D eigenvalue weighted by Gasteiger charge is 2.25. The molecule has 4 nitrogen and oxygen atoms in total. The highest BCUT2D eigenvalue weighted by molar-refractivity contribution is 5.02. The fourth-order valence-electron chi connectivity index (χ4n) is 4.33. The number of aromatic nitrogens is 2. The van der Waals surface area contributed by atoms with Gasteiger partial charge in [-0.25, -0.2) is 4.98 Å². The van der Waals surface area contributed by atoms with E-state index >= 15 is 0 Å². The maximum absolute atomic E-state index is 4.62. The van der Waals surface area contributed by atoms with Crippen LogP contribution in [0.3, 0.4) is 0 Å². The highest BCUT2D eigenvalue weighted by atomic mass is 15.2. The summed E-state index contributed by atoms with van der Waals surface area (Å²) in [5.74, 6) is 2.93. The van der Waals surface area contributed by atoms with Gasteiger partial charge in [-0.15, -0.1) is 0 Å². The lowest BCUT2D eigenvalue weighted by atomic mass is 9.90. The molecule has 1 aromatic heterocycles. The van der Waals surface area contributed by atoms with E-state index in [4.69, 9.17) is 0 Å². The normalized spacial score (nSPS) is 23.0. The van der Waals surface area contributed by atoms with Crippen molar-refractivity contribution in [3.8, 4) is 0 Å². The molecule has 2 aliphatic rings. The first-order valence-electron chi connectivity index (χ1n) is 9.53. The van der Waals surface area contributed by atoms with Crippen LogP contribution in [0.1, 0.15) is 57.0 Å². The van der Waals surface area contributed by atoms with Gasteiger partial charge in [-0.2, -0.15) is 0 Å². The quantitative estimate of drug-likeness (QED) is 0.874. The molecule has 2 fully saturated rings. The number of likely N-dealkylation sites (tertiary alicyclic amines) is 1. The fourth-order valence-corrected chi connectivity index (χ4v) is 4.33. The second-order valence-corrected chi connectivity index (χ2v) is 8.03. The van der Waals surface area contributed by atoms with Crippen LogP contribution in [0.5, 0.6) is 0 Å². The maximum atomic E-state index is 4.62. The van der Waals surface area contributed by atoms with Gasteiger partial charge in [-0.3, -0.25) is 4.90 Å². The van der Waals surface area contributed by atoms with Gasteiger partial charge in [-0.05, 0) is 58.8 Å². The van der Waals surface area contributed by atoms with E-state index in [0.29, 0.717) is 6.04 Å². The molecule has 0 aromatic carbocycles. The maximum Gasteiger partial charge on any atom is 0.106 e. The molecule has 0 radical (unpaired) electrons. The molecule has 1 saturated heterocycles. The van der Waals surface area contributed by atoms with Crippen molar-refractivity contribution in [2.75, 3.05) is 27.2 Å².